The number of halogens is 1. The molecule has 104 valence electrons. The Balaban J connectivity index is 1.78. The molecule has 1 aliphatic rings. The van der Waals surface area contributed by atoms with Gasteiger partial charge in [0.05, 0.1) is 6.20 Å². The third-order valence-corrected chi connectivity index (χ3v) is 3.88. The minimum absolute atomic E-state index is 0.427. The van der Waals surface area contributed by atoms with Crippen molar-refractivity contribution in [3.63, 3.8) is 0 Å². The fourth-order valence-electron chi connectivity index (χ4n) is 2.31. The van der Waals surface area contributed by atoms with Crippen LogP contribution in [0.2, 0.25) is 0 Å². The van der Waals surface area contributed by atoms with Crippen LogP contribution in [0, 0.1) is 0 Å². The highest BCUT2D eigenvalue weighted by molar-refractivity contribution is 9.10. The molecule has 2 aromatic rings. The van der Waals surface area contributed by atoms with Gasteiger partial charge in [-0.15, -0.1) is 5.10 Å². The molecule has 1 aromatic carbocycles. The quantitative estimate of drug-likeness (QED) is 0.933. The van der Waals surface area contributed by atoms with Crippen LogP contribution in [-0.2, 0) is 4.74 Å². The Kier molecular flexibility index (Phi) is 4.28. The molecule has 2 heterocycles. The van der Waals surface area contributed by atoms with Gasteiger partial charge < -0.3 is 10.1 Å². The van der Waals surface area contributed by atoms with Gasteiger partial charge in [-0.1, -0.05) is 28.1 Å². The Morgan fingerprint density at radius 3 is 2.80 bits per heavy atom. The first-order chi connectivity index (χ1) is 9.81. The van der Waals surface area contributed by atoms with Crippen molar-refractivity contribution < 1.29 is 4.74 Å². The molecule has 4 nitrogen and oxygen atoms in total. The van der Waals surface area contributed by atoms with Crippen LogP contribution in [-0.4, -0.2) is 29.5 Å². The maximum atomic E-state index is 5.36. The highest BCUT2D eigenvalue weighted by atomic mass is 79.9. The number of ether oxygens (including phenoxy) is 1. The molecule has 1 aromatic heterocycles. The lowest BCUT2D eigenvalue weighted by Crippen LogP contribution is -2.28. The lowest BCUT2D eigenvalue weighted by molar-refractivity contribution is 0.0903. The first-order valence-corrected chi connectivity index (χ1v) is 7.53. The predicted octanol–water partition coefficient (Wildman–Crippen LogP) is 3.50. The smallest absolute Gasteiger partial charge is 0.149 e. The Morgan fingerprint density at radius 1 is 1.15 bits per heavy atom. The second-order valence-corrected chi connectivity index (χ2v) is 5.79. The van der Waals surface area contributed by atoms with E-state index in [0.29, 0.717) is 6.04 Å². The fraction of sp³-hybridized carbons (Fsp3) is 0.333. The first-order valence-electron chi connectivity index (χ1n) is 6.74. The van der Waals surface area contributed by atoms with Crippen molar-refractivity contribution >= 4 is 21.7 Å². The largest absolute Gasteiger partial charge is 0.381 e. The molecule has 1 aliphatic heterocycles. The molecule has 0 spiro atoms. The van der Waals surface area contributed by atoms with E-state index in [2.05, 4.69) is 43.6 Å². The third kappa shape index (κ3) is 3.35. The van der Waals surface area contributed by atoms with Crippen LogP contribution in [0.4, 0.5) is 5.82 Å². The van der Waals surface area contributed by atoms with E-state index in [9.17, 15) is 0 Å². The second-order valence-electron chi connectivity index (χ2n) is 4.87. The number of hydrogen-bond acceptors (Lipinski definition) is 4. The number of hydrogen-bond donors (Lipinski definition) is 1. The molecular weight excluding hydrogens is 318 g/mol. The average molecular weight is 334 g/mol. The summed E-state index contributed by atoms with van der Waals surface area (Å²) in [5.74, 6) is 0.828. The highest BCUT2D eigenvalue weighted by Gasteiger charge is 2.14. The molecule has 0 aliphatic carbocycles. The normalized spacial score (nSPS) is 16.1. The van der Waals surface area contributed by atoms with E-state index in [-0.39, 0.29) is 0 Å². The van der Waals surface area contributed by atoms with Crippen LogP contribution in [0.25, 0.3) is 11.1 Å². The summed E-state index contributed by atoms with van der Waals surface area (Å²) >= 11 is 3.49. The summed E-state index contributed by atoms with van der Waals surface area (Å²) < 4.78 is 6.42. The molecule has 0 radical (unpaired) electrons. The summed E-state index contributed by atoms with van der Waals surface area (Å²) in [6, 6.07) is 10.7. The monoisotopic (exact) mass is 333 g/mol. The molecule has 1 N–H and O–H groups in total. The highest BCUT2D eigenvalue weighted by Crippen LogP contribution is 2.24. The van der Waals surface area contributed by atoms with Crippen molar-refractivity contribution in [3.8, 4) is 11.1 Å². The SMILES string of the molecule is Brc1cccc(-c2cnnc(NC3CCOCC3)c2)c1. The molecular formula is C15H16BrN3O. The van der Waals surface area contributed by atoms with Crippen LogP contribution in [0.5, 0.6) is 0 Å². The van der Waals surface area contributed by atoms with Crippen LogP contribution in [0.1, 0.15) is 12.8 Å². The lowest BCUT2D eigenvalue weighted by atomic mass is 10.1. The summed E-state index contributed by atoms with van der Waals surface area (Å²) in [5.41, 5.74) is 2.19. The summed E-state index contributed by atoms with van der Waals surface area (Å²) in [5, 5.41) is 11.7. The number of aromatic nitrogens is 2. The van der Waals surface area contributed by atoms with E-state index in [1.54, 1.807) is 6.20 Å². The van der Waals surface area contributed by atoms with Gasteiger partial charge in [0.25, 0.3) is 0 Å². The zero-order chi connectivity index (χ0) is 13.8. The Labute approximate surface area is 126 Å². The zero-order valence-electron chi connectivity index (χ0n) is 11.1. The molecule has 1 saturated heterocycles. The predicted molar refractivity (Wildman–Crippen MR) is 82.6 cm³/mol. The fourth-order valence-corrected chi connectivity index (χ4v) is 2.71. The van der Waals surface area contributed by atoms with Crippen molar-refractivity contribution in [1.29, 1.82) is 0 Å². The summed E-state index contributed by atoms with van der Waals surface area (Å²) in [7, 11) is 0. The van der Waals surface area contributed by atoms with Crippen LogP contribution in [0.3, 0.4) is 0 Å². The van der Waals surface area contributed by atoms with Crippen molar-refractivity contribution in [3.05, 3.63) is 41.0 Å². The standard InChI is InChI=1S/C15H16BrN3O/c16-13-3-1-2-11(8-13)12-9-15(19-17-10-12)18-14-4-6-20-7-5-14/h1-3,8-10,14H,4-7H2,(H,18,19). The van der Waals surface area contributed by atoms with Crippen molar-refractivity contribution in [1.82, 2.24) is 10.2 Å². The van der Waals surface area contributed by atoms with E-state index in [0.717, 1.165) is 47.5 Å². The van der Waals surface area contributed by atoms with E-state index in [1.807, 2.05) is 18.2 Å². The second kappa shape index (κ2) is 6.33. The molecule has 0 atom stereocenters. The topological polar surface area (TPSA) is 47.0 Å². The van der Waals surface area contributed by atoms with E-state index >= 15 is 0 Å². The Morgan fingerprint density at radius 2 is 2.00 bits per heavy atom. The van der Waals surface area contributed by atoms with E-state index < -0.39 is 0 Å². The molecule has 0 bridgehead atoms. The van der Waals surface area contributed by atoms with E-state index in [4.69, 9.17) is 4.74 Å². The van der Waals surface area contributed by atoms with Gasteiger partial charge in [-0.05, 0) is 36.6 Å². The zero-order valence-corrected chi connectivity index (χ0v) is 12.6. The summed E-state index contributed by atoms with van der Waals surface area (Å²) in [4.78, 5) is 0. The average Bonchev–Trinajstić information content (AvgIpc) is 2.49. The van der Waals surface area contributed by atoms with Crippen LogP contribution >= 0.6 is 15.9 Å². The molecule has 20 heavy (non-hydrogen) atoms. The summed E-state index contributed by atoms with van der Waals surface area (Å²) in [6.45, 7) is 1.63. The summed E-state index contributed by atoms with van der Waals surface area (Å²) in [6.07, 6.45) is 3.82. The first kappa shape index (κ1) is 13.5. The molecule has 1 fully saturated rings. The molecule has 0 unspecified atom stereocenters. The Hall–Kier alpha value is -1.46. The Bertz CT molecular complexity index is 585. The molecule has 5 heteroatoms. The number of nitrogens with zero attached hydrogens (tertiary/aromatic N) is 2. The van der Waals surface area contributed by atoms with Gasteiger partial charge in [-0.25, -0.2) is 0 Å². The van der Waals surface area contributed by atoms with Crippen LogP contribution < -0.4 is 5.32 Å². The van der Waals surface area contributed by atoms with Crippen molar-refractivity contribution in [2.24, 2.45) is 0 Å². The van der Waals surface area contributed by atoms with Crippen LogP contribution in [0.15, 0.2) is 41.0 Å². The minimum atomic E-state index is 0.427. The van der Waals surface area contributed by atoms with Gasteiger partial charge in [-0.3, -0.25) is 0 Å². The maximum absolute atomic E-state index is 5.36. The maximum Gasteiger partial charge on any atom is 0.149 e. The van der Waals surface area contributed by atoms with Crippen molar-refractivity contribution in [2.45, 2.75) is 18.9 Å². The van der Waals surface area contributed by atoms with Gasteiger partial charge in [-0.2, -0.15) is 5.10 Å². The molecule has 0 amide bonds. The minimum Gasteiger partial charge on any atom is -0.381 e. The molecule has 0 saturated carbocycles. The van der Waals surface area contributed by atoms with Gasteiger partial charge in [0, 0.05) is 29.3 Å². The number of rotatable bonds is 3. The van der Waals surface area contributed by atoms with Gasteiger partial charge >= 0.3 is 0 Å². The number of nitrogens with one attached hydrogen (secondary N) is 1. The third-order valence-electron chi connectivity index (χ3n) is 3.39. The van der Waals surface area contributed by atoms with Gasteiger partial charge in [0.15, 0.2) is 0 Å². The number of anilines is 1. The molecule has 3 rings (SSSR count). The number of benzene rings is 1. The van der Waals surface area contributed by atoms with E-state index in [1.165, 1.54) is 0 Å². The van der Waals surface area contributed by atoms with Gasteiger partial charge in [0.1, 0.15) is 5.82 Å². The lowest BCUT2D eigenvalue weighted by Gasteiger charge is -2.23. The van der Waals surface area contributed by atoms with Gasteiger partial charge in [0.2, 0.25) is 0 Å². The van der Waals surface area contributed by atoms with Crippen molar-refractivity contribution in [2.75, 3.05) is 18.5 Å².